The molecule has 5 heteroatoms. The molecule has 2 heterocycles. The Bertz CT molecular complexity index is 403. The fourth-order valence-corrected chi connectivity index (χ4v) is 2.52. The summed E-state index contributed by atoms with van der Waals surface area (Å²) in [5.74, 6) is -0.285. The number of aryl methyl sites for hydroxylation is 1. The summed E-state index contributed by atoms with van der Waals surface area (Å²) in [6.07, 6.45) is -1.53. The van der Waals surface area contributed by atoms with E-state index < -0.39 is 12.6 Å². The molecule has 18 heavy (non-hydrogen) atoms. The molecule has 1 aromatic rings. The van der Waals surface area contributed by atoms with Crippen LogP contribution in [0.3, 0.4) is 0 Å². The number of alkyl halides is 3. The summed E-state index contributed by atoms with van der Waals surface area (Å²) < 4.78 is 37.2. The van der Waals surface area contributed by atoms with Gasteiger partial charge in [-0.3, -0.25) is 4.98 Å². The summed E-state index contributed by atoms with van der Waals surface area (Å²) in [5, 5.41) is 0. The smallest absolute Gasteiger partial charge is 0.371 e. The Morgan fingerprint density at radius 2 is 2.22 bits per heavy atom. The summed E-state index contributed by atoms with van der Waals surface area (Å²) in [4.78, 5) is 6.14. The van der Waals surface area contributed by atoms with E-state index in [2.05, 4.69) is 4.98 Å². The van der Waals surface area contributed by atoms with E-state index in [9.17, 15) is 13.2 Å². The predicted molar refractivity (Wildman–Crippen MR) is 64.6 cm³/mol. The summed E-state index contributed by atoms with van der Waals surface area (Å²) in [6, 6.07) is 3.79. The van der Waals surface area contributed by atoms with E-state index in [0.29, 0.717) is 13.0 Å². The highest BCUT2D eigenvalue weighted by atomic mass is 19.4. The molecule has 100 valence electrons. The summed E-state index contributed by atoms with van der Waals surface area (Å²) >= 11 is 0. The lowest BCUT2D eigenvalue weighted by atomic mass is 9.94. The molecule has 0 saturated carbocycles. The van der Waals surface area contributed by atoms with Gasteiger partial charge < -0.3 is 4.90 Å². The van der Waals surface area contributed by atoms with Gasteiger partial charge >= 0.3 is 6.18 Å². The standard InChI is InChI=1S/C13H17F3N2/c1-10-7-12(4-5-17-10)18-6-2-3-11(9-18)8-13(14,15)16/h4-5,7,11H,2-3,6,8-9H2,1H3. The molecule has 1 aliphatic rings. The first kappa shape index (κ1) is 13.2. The lowest BCUT2D eigenvalue weighted by molar-refractivity contribution is -0.144. The number of anilines is 1. The van der Waals surface area contributed by atoms with E-state index in [1.165, 1.54) is 0 Å². The SMILES string of the molecule is Cc1cc(N2CCCC(CC(F)(F)F)C2)ccn1. The van der Waals surface area contributed by atoms with Crippen molar-refractivity contribution < 1.29 is 13.2 Å². The zero-order valence-electron chi connectivity index (χ0n) is 10.4. The van der Waals surface area contributed by atoms with Gasteiger partial charge in [0.15, 0.2) is 0 Å². The second-order valence-corrected chi connectivity index (χ2v) is 4.93. The first-order valence-electron chi connectivity index (χ1n) is 6.18. The number of aromatic nitrogens is 1. The van der Waals surface area contributed by atoms with Gasteiger partial charge in [0.05, 0.1) is 0 Å². The Morgan fingerprint density at radius 3 is 2.89 bits per heavy atom. The molecular weight excluding hydrogens is 241 g/mol. The zero-order chi connectivity index (χ0) is 13.2. The molecule has 1 saturated heterocycles. The quantitative estimate of drug-likeness (QED) is 0.806. The van der Waals surface area contributed by atoms with Crippen molar-refractivity contribution in [2.24, 2.45) is 5.92 Å². The Morgan fingerprint density at radius 1 is 1.44 bits per heavy atom. The maximum Gasteiger partial charge on any atom is 0.389 e. The van der Waals surface area contributed by atoms with Crippen molar-refractivity contribution in [2.75, 3.05) is 18.0 Å². The van der Waals surface area contributed by atoms with E-state index in [1.54, 1.807) is 6.20 Å². The molecule has 2 rings (SSSR count). The van der Waals surface area contributed by atoms with Crippen LogP contribution in [0.2, 0.25) is 0 Å². The molecule has 2 nitrogen and oxygen atoms in total. The van der Waals surface area contributed by atoms with Gasteiger partial charge in [-0.25, -0.2) is 0 Å². The van der Waals surface area contributed by atoms with Crippen molar-refractivity contribution >= 4 is 5.69 Å². The van der Waals surface area contributed by atoms with Crippen LogP contribution in [0, 0.1) is 12.8 Å². The van der Waals surface area contributed by atoms with Crippen molar-refractivity contribution in [1.29, 1.82) is 0 Å². The Kier molecular flexibility index (Phi) is 3.78. The largest absolute Gasteiger partial charge is 0.389 e. The second kappa shape index (κ2) is 5.16. The first-order valence-corrected chi connectivity index (χ1v) is 6.18. The lowest BCUT2D eigenvalue weighted by Crippen LogP contribution is -2.37. The number of piperidine rings is 1. The van der Waals surface area contributed by atoms with Crippen LogP contribution in [0.25, 0.3) is 0 Å². The number of halogens is 3. The van der Waals surface area contributed by atoms with Gasteiger partial charge in [0.2, 0.25) is 0 Å². The molecule has 0 amide bonds. The molecule has 0 spiro atoms. The monoisotopic (exact) mass is 258 g/mol. The van der Waals surface area contributed by atoms with Crippen LogP contribution in [-0.4, -0.2) is 24.2 Å². The molecule has 0 aliphatic carbocycles. The number of hydrogen-bond acceptors (Lipinski definition) is 2. The van der Waals surface area contributed by atoms with Gasteiger partial charge in [0, 0.05) is 37.1 Å². The van der Waals surface area contributed by atoms with E-state index in [4.69, 9.17) is 0 Å². The van der Waals surface area contributed by atoms with Gasteiger partial charge in [-0.05, 0) is 37.8 Å². The summed E-state index contributed by atoms with van der Waals surface area (Å²) in [5.41, 5.74) is 1.87. The van der Waals surface area contributed by atoms with Gasteiger partial charge in [0.25, 0.3) is 0 Å². The molecule has 0 aromatic carbocycles. The third-order valence-electron chi connectivity index (χ3n) is 3.28. The van der Waals surface area contributed by atoms with Crippen LogP contribution in [0.4, 0.5) is 18.9 Å². The maximum atomic E-state index is 12.4. The molecule has 0 radical (unpaired) electrons. The van der Waals surface area contributed by atoms with Gasteiger partial charge in [-0.1, -0.05) is 0 Å². The van der Waals surface area contributed by atoms with E-state index >= 15 is 0 Å². The van der Waals surface area contributed by atoms with E-state index in [0.717, 1.165) is 24.3 Å². The molecule has 1 atom stereocenters. The highest BCUT2D eigenvalue weighted by Gasteiger charge is 2.33. The number of rotatable bonds is 2. The van der Waals surface area contributed by atoms with E-state index in [-0.39, 0.29) is 5.92 Å². The van der Waals surface area contributed by atoms with Crippen molar-refractivity contribution in [2.45, 2.75) is 32.4 Å². The van der Waals surface area contributed by atoms with Crippen molar-refractivity contribution in [1.82, 2.24) is 4.98 Å². The Labute approximate surface area is 105 Å². The Hall–Kier alpha value is -1.26. The summed E-state index contributed by atoms with van der Waals surface area (Å²) in [7, 11) is 0. The van der Waals surface area contributed by atoms with Crippen LogP contribution in [0.1, 0.15) is 25.0 Å². The maximum absolute atomic E-state index is 12.4. The minimum Gasteiger partial charge on any atom is -0.371 e. The van der Waals surface area contributed by atoms with Gasteiger partial charge in [0.1, 0.15) is 0 Å². The van der Waals surface area contributed by atoms with Gasteiger partial charge in [-0.2, -0.15) is 13.2 Å². The Balaban J connectivity index is 2.02. The molecule has 0 bridgehead atoms. The fraction of sp³-hybridized carbons (Fsp3) is 0.615. The molecule has 1 fully saturated rings. The number of nitrogens with zero attached hydrogens (tertiary/aromatic N) is 2. The van der Waals surface area contributed by atoms with E-state index in [1.807, 2.05) is 24.0 Å². The normalized spacial score (nSPS) is 21.1. The molecule has 1 unspecified atom stereocenters. The van der Waals surface area contributed by atoms with Crippen molar-refractivity contribution in [3.05, 3.63) is 24.0 Å². The minimum atomic E-state index is -4.05. The minimum absolute atomic E-state index is 0.285. The molecule has 0 N–H and O–H groups in total. The lowest BCUT2D eigenvalue weighted by Gasteiger charge is -2.34. The van der Waals surface area contributed by atoms with Crippen LogP contribution in [0.15, 0.2) is 18.3 Å². The highest BCUT2D eigenvalue weighted by molar-refractivity contribution is 5.46. The fourth-order valence-electron chi connectivity index (χ4n) is 2.52. The van der Waals surface area contributed by atoms with Crippen molar-refractivity contribution in [3.8, 4) is 0 Å². The summed E-state index contributed by atoms with van der Waals surface area (Å²) in [6.45, 7) is 3.21. The zero-order valence-corrected chi connectivity index (χ0v) is 10.4. The first-order chi connectivity index (χ1) is 8.44. The van der Waals surface area contributed by atoms with Crippen LogP contribution >= 0.6 is 0 Å². The van der Waals surface area contributed by atoms with Gasteiger partial charge in [-0.15, -0.1) is 0 Å². The number of pyridine rings is 1. The van der Waals surface area contributed by atoms with Crippen molar-refractivity contribution in [3.63, 3.8) is 0 Å². The van der Waals surface area contributed by atoms with Crippen LogP contribution < -0.4 is 4.90 Å². The topological polar surface area (TPSA) is 16.1 Å². The third-order valence-corrected chi connectivity index (χ3v) is 3.28. The molecule has 1 aromatic heterocycles. The average molecular weight is 258 g/mol. The predicted octanol–water partition coefficient (Wildman–Crippen LogP) is 3.56. The number of hydrogen-bond donors (Lipinski definition) is 0. The van der Waals surface area contributed by atoms with Crippen LogP contribution in [-0.2, 0) is 0 Å². The molecule has 1 aliphatic heterocycles. The van der Waals surface area contributed by atoms with Crippen LogP contribution in [0.5, 0.6) is 0 Å². The third kappa shape index (κ3) is 3.62. The second-order valence-electron chi connectivity index (χ2n) is 4.93. The highest BCUT2D eigenvalue weighted by Crippen LogP contribution is 2.31. The molecular formula is C13H17F3N2. The average Bonchev–Trinajstić information content (AvgIpc) is 2.27.